The van der Waals surface area contributed by atoms with Crippen molar-refractivity contribution in [1.82, 2.24) is 25.5 Å². The molecule has 1 aromatic carbocycles. The number of para-hydroxylation sites is 1. The molecule has 1 amide bonds. The van der Waals surface area contributed by atoms with Crippen molar-refractivity contribution in [3.8, 4) is 11.3 Å². The van der Waals surface area contributed by atoms with Gasteiger partial charge >= 0.3 is 0 Å². The number of hydrogen-bond donors (Lipinski definition) is 3. The van der Waals surface area contributed by atoms with E-state index in [0.717, 1.165) is 53.9 Å². The highest BCUT2D eigenvalue weighted by molar-refractivity contribution is 5.98. The standard InChI is InChI=1S/C22H22N6O/c29-22(20-12-16-4-1-2-6-18(16)25-20)24-17-5-3-11-28(14-17)21-13-19(26-27-21)15-7-9-23-10-8-15/h1-2,4,6-10,12-13,17,25H,3,5,11,14H2,(H,24,29)(H,26,27)/t17-/m1/s1. The Kier molecular flexibility index (Phi) is 4.48. The van der Waals surface area contributed by atoms with E-state index in [1.807, 2.05) is 42.5 Å². The fourth-order valence-corrected chi connectivity index (χ4v) is 3.91. The van der Waals surface area contributed by atoms with Crippen molar-refractivity contribution < 1.29 is 4.79 Å². The second kappa shape index (κ2) is 7.43. The molecule has 0 unspecified atom stereocenters. The molecule has 0 saturated carbocycles. The highest BCUT2D eigenvalue weighted by Crippen LogP contribution is 2.24. The zero-order valence-electron chi connectivity index (χ0n) is 15.9. The van der Waals surface area contributed by atoms with Gasteiger partial charge in [-0.3, -0.25) is 14.9 Å². The van der Waals surface area contributed by atoms with Crippen molar-refractivity contribution in [3.63, 3.8) is 0 Å². The van der Waals surface area contributed by atoms with Crippen LogP contribution in [0.4, 0.5) is 5.82 Å². The van der Waals surface area contributed by atoms with E-state index in [1.165, 1.54) is 0 Å². The Bertz CT molecular complexity index is 1100. The lowest BCUT2D eigenvalue weighted by Gasteiger charge is -2.33. The van der Waals surface area contributed by atoms with Gasteiger partial charge in [-0.1, -0.05) is 18.2 Å². The van der Waals surface area contributed by atoms with Gasteiger partial charge in [0.25, 0.3) is 5.91 Å². The molecule has 3 N–H and O–H groups in total. The number of piperidine rings is 1. The lowest BCUT2D eigenvalue weighted by Crippen LogP contribution is -2.48. The Morgan fingerprint density at radius 2 is 2.00 bits per heavy atom. The minimum absolute atomic E-state index is 0.0625. The van der Waals surface area contributed by atoms with E-state index in [1.54, 1.807) is 12.4 Å². The van der Waals surface area contributed by atoms with Crippen LogP contribution in [0.3, 0.4) is 0 Å². The Morgan fingerprint density at radius 3 is 2.86 bits per heavy atom. The molecule has 1 aliphatic heterocycles. The van der Waals surface area contributed by atoms with Gasteiger partial charge in [0.2, 0.25) is 0 Å². The van der Waals surface area contributed by atoms with E-state index in [9.17, 15) is 4.79 Å². The second-order valence-corrected chi connectivity index (χ2v) is 7.40. The van der Waals surface area contributed by atoms with Gasteiger partial charge in [0.05, 0.1) is 5.69 Å². The number of carbonyl (C=O) groups excluding carboxylic acids is 1. The molecule has 7 heteroatoms. The number of hydrogen-bond acceptors (Lipinski definition) is 4. The summed E-state index contributed by atoms with van der Waals surface area (Å²) in [4.78, 5) is 22.2. The van der Waals surface area contributed by atoms with Crippen molar-refractivity contribution >= 4 is 22.6 Å². The zero-order chi connectivity index (χ0) is 19.6. The number of benzene rings is 1. The molecule has 5 rings (SSSR count). The highest BCUT2D eigenvalue weighted by Gasteiger charge is 2.24. The lowest BCUT2D eigenvalue weighted by molar-refractivity contribution is 0.0929. The van der Waals surface area contributed by atoms with Crippen LogP contribution < -0.4 is 10.2 Å². The number of aromatic amines is 2. The Balaban J connectivity index is 1.27. The molecular formula is C22H22N6O. The predicted octanol–water partition coefficient (Wildman–Crippen LogP) is 3.35. The summed E-state index contributed by atoms with van der Waals surface area (Å²) in [6.07, 6.45) is 5.51. The molecule has 1 aliphatic rings. The van der Waals surface area contributed by atoms with E-state index in [0.29, 0.717) is 5.69 Å². The Labute approximate surface area is 168 Å². The zero-order valence-corrected chi connectivity index (χ0v) is 15.9. The SMILES string of the molecule is O=C(N[C@@H]1CCCN(c2cc(-c3ccncc3)[nH]n2)C1)c1cc2ccccc2[nH]1. The number of pyridine rings is 1. The van der Waals surface area contributed by atoms with Gasteiger partial charge in [-0.2, -0.15) is 5.10 Å². The quantitative estimate of drug-likeness (QED) is 0.502. The summed E-state index contributed by atoms with van der Waals surface area (Å²) in [6, 6.07) is 15.9. The van der Waals surface area contributed by atoms with Crippen LogP contribution in [0, 0.1) is 0 Å². The molecule has 3 aromatic heterocycles. The summed E-state index contributed by atoms with van der Waals surface area (Å²) in [5, 5.41) is 11.8. The van der Waals surface area contributed by atoms with Crippen LogP contribution in [0.5, 0.6) is 0 Å². The third-order valence-corrected chi connectivity index (χ3v) is 5.41. The number of fused-ring (bicyclic) bond motifs is 1. The van der Waals surface area contributed by atoms with E-state index in [4.69, 9.17) is 0 Å². The number of rotatable bonds is 4. The maximum atomic E-state index is 12.7. The van der Waals surface area contributed by atoms with Crippen LogP contribution in [0.1, 0.15) is 23.3 Å². The van der Waals surface area contributed by atoms with Crippen molar-refractivity contribution in [2.24, 2.45) is 0 Å². The molecule has 4 heterocycles. The van der Waals surface area contributed by atoms with Crippen LogP contribution in [0.15, 0.2) is 60.9 Å². The number of nitrogens with zero attached hydrogens (tertiary/aromatic N) is 3. The molecular weight excluding hydrogens is 364 g/mol. The van der Waals surface area contributed by atoms with E-state index in [2.05, 4.69) is 36.4 Å². The number of carbonyl (C=O) groups is 1. The van der Waals surface area contributed by atoms with E-state index < -0.39 is 0 Å². The van der Waals surface area contributed by atoms with Gasteiger partial charge in [-0.05, 0) is 37.1 Å². The fraction of sp³-hybridized carbons (Fsp3) is 0.227. The molecule has 0 radical (unpaired) electrons. The van der Waals surface area contributed by atoms with Crippen LogP contribution in [0.2, 0.25) is 0 Å². The van der Waals surface area contributed by atoms with Gasteiger partial charge in [-0.25, -0.2) is 0 Å². The molecule has 0 aliphatic carbocycles. The third-order valence-electron chi connectivity index (χ3n) is 5.41. The largest absolute Gasteiger partial charge is 0.353 e. The Morgan fingerprint density at radius 1 is 1.14 bits per heavy atom. The number of amides is 1. The molecule has 4 aromatic rings. The summed E-state index contributed by atoms with van der Waals surface area (Å²) in [5.74, 6) is 0.842. The predicted molar refractivity (Wildman–Crippen MR) is 113 cm³/mol. The van der Waals surface area contributed by atoms with Crippen molar-refractivity contribution in [1.29, 1.82) is 0 Å². The smallest absolute Gasteiger partial charge is 0.268 e. The monoisotopic (exact) mass is 386 g/mol. The number of nitrogens with one attached hydrogen (secondary N) is 3. The maximum absolute atomic E-state index is 12.7. The van der Waals surface area contributed by atoms with Gasteiger partial charge < -0.3 is 15.2 Å². The summed E-state index contributed by atoms with van der Waals surface area (Å²) in [6.45, 7) is 1.67. The normalized spacial score (nSPS) is 16.8. The van der Waals surface area contributed by atoms with Crippen LogP contribution >= 0.6 is 0 Å². The molecule has 1 atom stereocenters. The van der Waals surface area contributed by atoms with Gasteiger partial charge in [0.1, 0.15) is 5.69 Å². The average molecular weight is 386 g/mol. The van der Waals surface area contributed by atoms with Gasteiger partial charge in [0.15, 0.2) is 5.82 Å². The number of anilines is 1. The van der Waals surface area contributed by atoms with E-state index in [-0.39, 0.29) is 11.9 Å². The minimum Gasteiger partial charge on any atom is -0.353 e. The van der Waals surface area contributed by atoms with Crippen molar-refractivity contribution in [3.05, 3.63) is 66.6 Å². The lowest BCUT2D eigenvalue weighted by atomic mass is 10.1. The third kappa shape index (κ3) is 3.59. The Hall–Kier alpha value is -3.61. The average Bonchev–Trinajstić information content (AvgIpc) is 3.42. The first-order valence-electron chi connectivity index (χ1n) is 9.86. The van der Waals surface area contributed by atoms with Crippen LogP contribution in [-0.4, -0.2) is 45.2 Å². The molecule has 1 saturated heterocycles. The van der Waals surface area contributed by atoms with Crippen LogP contribution in [-0.2, 0) is 0 Å². The molecule has 146 valence electrons. The van der Waals surface area contributed by atoms with Crippen molar-refractivity contribution in [2.45, 2.75) is 18.9 Å². The molecule has 0 spiro atoms. The summed E-state index contributed by atoms with van der Waals surface area (Å²) in [5.41, 5.74) is 3.59. The number of H-pyrrole nitrogens is 2. The van der Waals surface area contributed by atoms with Gasteiger partial charge in [-0.15, -0.1) is 0 Å². The summed E-state index contributed by atoms with van der Waals surface area (Å²) >= 11 is 0. The topological polar surface area (TPSA) is 89.7 Å². The number of aromatic nitrogens is 4. The summed E-state index contributed by atoms with van der Waals surface area (Å²) in [7, 11) is 0. The van der Waals surface area contributed by atoms with Gasteiger partial charge in [0, 0.05) is 54.1 Å². The molecule has 1 fully saturated rings. The van der Waals surface area contributed by atoms with E-state index >= 15 is 0 Å². The highest BCUT2D eigenvalue weighted by atomic mass is 16.1. The minimum atomic E-state index is -0.0625. The first kappa shape index (κ1) is 17.5. The second-order valence-electron chi connectivity index (χ2n) is 7.40. The van der Waals surface area contributed by atoms with Crippen LogP contribution in [0.25, 0.3) is 22.2 Å². The fourth-order valence-electron chi connectivity index (χ4n) is 3.91. The molecule has 0 bridgehead atoms. The molecule has 29 heavy (non-hydrogen) atoms. The first-order chi connectivity index (χ1) is 14.3. The van der Waals surface area contributed by atoms with Crippen molar-refractivity contribution in [2.75, 3.05) is 18.0 Å². The first-order valence-corrected chi connectivity index (χ1v) is 9.86. The maximum Gasteiger partial charge on any atom is 0.268 e. The summed E-state index contributed by atoms with van der Waals surface area (Å²) < 4.78 is 0. The molecule has 7 nitrogen and oxygen atoms in total.